The molecule has 1 aliphatic rings. The SMILES string of the molecule is COc1ncnc(NC2CC(N)C2)c1C. The predicted molar refractivity (Wildman–Crippen MR) is 57.9 cm³/mol. The van der Waals surface area contributed by atoms with Gasteiger partial charge in [-0.05, 0) is 19.8 Å². The van der Waals surface area contributed by atoms with Gasteiger partial charge in [-0.1, -0.05) is 0 Å². The molecule has 1 aliphatic carbocycles. The minimum atomic E-state index is 0.339. The van der Waals surface area contributed by atoms with Crippen LogP contribution in [0.3, 0.4) is 0 Å². The Balaban J connectivity index is 2.07. The van der Waals surface area contributed by atoms with Crippen LogP contribution in [0.2, 0.25) is 0 Å². The van der Waals surface area contributed by atoms with Crippen molar-refractivity contribution >= 4 is 5.82 Å². The lowest BCUT2D eigenvalue weighted by Crippen LogP contribution is -2.44. The van der Waals surface area contributed by atoms with Crippen molar-refractivity contribution in [3.05, 3.63) is 11.9 Å². The molecule has 0 atom stereocenters. The molecule has 5 heteroatoms. The highest BCUT2D eigenvalue weighted by atomic mass is 16.5. The smallest absolute Gasteiger partial charge is 0.221 e. The number of ether oxygens (including phenoxy) is 1. The zero-order chi connectivity index (χ0) is 10.8. The van der Waals surface area contributed by atoms with Gasteiger partial charge in [0.1, 0.15) is 12.1 Å². The molecular weight excluding hydrogens is 192 g/mol. The van der Waals surface area contributed by atoms with Crippen LogP contribution in [0.4, 0.5) is 5.82 Å². The van der Waals surface area contributed by atoms with Crippen LogP contribution in [-0.2, 0) is 0 Å². The number of nitrogens with one attached hydrogen (secondary N) is 1. The maximum Gasteiger partial charge on any atom is 0.221 e. The second-order valence-electron chi connectivity index (χ2n) is 3.93. The Hall–Kier alpha value is -1.36. The molecule has 0 unspecified atom stereocenters. The summed E-state index contributed by atoms with van der Waals surface area (Å²) in [4.78, 5) is 8.22. The summed E-state index contributed by atoms with van der Waals surface area (Å²) in [6.45, 7) is 1.94. The summed E-state index contributed by atoms with van der Waals surface area (Å²) < 4.78 is 5.12. The summed E-state index contributed by atoms with van der Waals surface area (Å²) in [6, 6.07) is 0.782. The highest BCUT2D eigenvalue weighted by molar-refractivity contribution is 5.48. The molecule has 82 valence electrons. The minimum Gasteiger partial charge on any atom is -0.481 e. The van der Waals surface area contributed by atoms with Gasteiger partial charge in [0, 0.05) is 12.1 Å². The van der Waals surface area contributed by atoms with Gasteiger partial charge < -0.3 is 15.8 Å². The summed E-state index contributed by atoms with van der Waals surface area (Å²) in [5, 5.41) is 3.34. The van der Waals surface area contributed by atoms with E-state index in [1.54, 1.807) is 7.11 Å². The van der Waals surface area contributed by atoms with Crippen LogP contribution in [0, 0.1) is 6.92 Å². The lowest BCUT2D eigenvalue weighted by molar-refractivity contribution is 0.371. The number of hydrogen-bond donors (Lipinski definition) is 2. The van der Waals surface area contributed by atoms with E-state index in [9.17, 15) is 0 Å². The summed E-state index contributed by atoms with van der Waals surface area (Å²) in [5.74, 6) is 1.47. The minimum absolute atomic E-state index is 0.339. The third-order valence-corrected chi connectivity index (χ3v) is 2.75. The Morgan fingerprint density at radius 1 is 1.47 bits per heavy atom. The van der Waals surface area contributed by atoms with Crippen LogP contribution in [0.1, 0.15) is 18.4 Å². The monoisotopic (exact) mass is 208 g/mol. The Labute approximate surface area is 89.1 Å². The number of methoxy groups -OCH3 is 1. The maximum atomic E-state index is 5.72. The number of rotatable bonds is 3. The number of aromatic nitrogens is 2. The Morgan fingerprint density at radius 2 is 2.20 bits per heavy atom. The molecule has 2 rings (SSSR count). The highest BCUT2D eigenvalue weighted by Crippen LogP contribution is 2.25. The number of nitrogens with two attached hydrogens (primary N) is 1. The molecule has 0 bridgehead atoms. The van der Waals surface area contributed by atoms with Crippen LogP contribution < -0.4 is 15.8 Å². The van der Waals surface area contributed by atoms with E-state index in [2.05, 4.69) is 15.3 Å². The largest absolute Gasteiger partial charge is 0.481 e. The molecule has 15 heavy (non-hydrogen) atoms. The summed E-state index contributed by atoms with van der Waals surface area (Å²) in [7, 11) is 1.61. The lowest BCUT2D eigenvalue weighted by atomic mass is 9.87. The number of anilines is 1. The second kappa shape index (κ2) is 4.02. The van der Waals surface area contributed by atoms with Crippen molar-refractivity contribution in [1.29, 1.82) is 0 Å². The molecule has 0 aromatic carbocycles. The molecule has 1 saturated carbocycles. The molecule has 3 N–H and O–H groups in total. The Bertz CT molecular complexity index is 349. The molecule has 5 nitrogen and oxygen atoms in total. The number of hydrogen-bond acceptors (Lipinski definition) is 5. The summed E-state index contributed by atoms with van der Waals surface area (Å²) in [5.41, 5.74) is 6.66. The van der Waals surface area contributed by atoms with Gasteiger partial charge in [-0.15, -0.1) is 0 Å². The van der Waals surface area contributed by atoms with Crippen molar-refractivity contribution in [2.75, 3.05) is 12.4 Å². The average Bonchev–Trinajstić information content (AvgIpc) is 2.18. The molecular formula is C10H16N4O. The zero-order valence-electron chi connectivity index (χ0n) is 9.03. The van der Waals surface area contributed by atoms with E-state index < -0.39 is 0 Å². The van der Waals surface area contributed by atoms with Crippen LogP contribution in [0.15, 0.2) is 6.33 Å². The lowest BCUT2D eigenvalue weighted by Gasteiger charge is -2.33. The average molecular weight is 208 g/mol. The van der Waals surface area contributed by atoms with E-state index in [0.717, 1.165) is 24.2 Å². The Morgan fingerprint density at radius 3 is 2.80 bits per heavy atom. The first-order valence-electron chi connectivity index (χ1n) is 5.08. The van der Waals surface area contributed by atoms with Crippen molar-refractivity contribution in [2.45, 2.75) is 31.8 Å². The van der Waals surface area contributed by atoms with Crippen molar-refractivity contribution in [2.24, 2.45) is 5.73 Å². The fourth-order valence-corrected chi connectivity index (χ4v) is 1.76. The normalized spacial score (nSPS) is 24.5. The fraction of sp³-hybridized carbons (Fsp3) is 0.600. The number of nitrogens with zero attached hydrogens (tertiary/aromatic N) is 2. The molecule has 0 aliphatic heterocycles. The Kier molecular flexibility index (Phi) is 2.73. The summed E-state index contributed by atoms with van der Waals surface area (Å²) in [6.07, 6.45) is 3.52. The van der Waals surface area contributed by atoms with Gasteiger partial charge >= 0.3 is 0 Å². The van der Waals surface area contributed by atoms with Gasteiger partial charge in [-0.3, -0.25) is 0 Å². The first-order valence-corrected chi connectivity index (χ1v) is 5.08. The zero-order valence-corrected chi connectivity index (χ0v) is 9.03. The van der Waals surface area contributed by atoms with Gasteiger partial charge in [-0.2, -0.15) is 0 Å². The van der Waals surface area contributed by atoms with Gasteiger partial charge in [0.05, 0.1) is 12.7 Å². The van der Waals surface area contributed by atoms with E-state index in [4.69, 9.17) is 10.5 Å². The topological polar surface area (TPSA) is 73.1 Å². The molecule has 0 radical (unpaired) electrons. The van der Waals surface area contributed by atoms with E-state index in [0.29, 0.717) is 18.0 Å². The van der Waals surface area contributed by atoms with Crippen molar-refractivity contribution in [1.82, 2.24) is 9.97 Å². The maximum absolute atomic E-state index is 5.72. The van der Waals surface area contributed by atoms with E-state index in [1.807, 2.05) is 6.92 Å². The predicted octanol–water partition coefficient (Wildman–Crippen LogP) is 0.695. The van der Waals surface area contributed by atoms with Gasteiger partial charge in [0.2, 0.25) is 5.88 Å². The second-order valence-corrected chi connectivity index (χ2v) is 3.93. The molecule has 1 aromatic rings. The molecule has 0 saturated heterocycles. The van der Waals surface area contributed by atoms with Gasteiger partial charge in [0.15, 0.2) is 0 Å². The first-order chi connectivity index (χ1) is 7.20. The van der Waals surface area contributed by atoms with E-state index in [-0.39, 0.29) is 0 Å². The third kappa shape index (κ3) is 2.02. The van der Waals surface area contributed by atoms with E-state index >= 15 is 0 Å². The molecule has 0 amide bonds. The van der Waals surface area contributed by atoms with Crippen LogP contribution in [0.5, 0.6) is 5.88 Å². The van der Waals surface area contributed by atoms with Gasteiger partial charge in [0.25, 0.3) is 0 Å². The molecule has 1 aromatic heterocycles. The highest BCUT2D eigenvalue weighted by Gasteiger charge is 2.26. The van der Waals surface area contributed by atoms with Crippen LogP contribution in [0.25, 0.3) is 0 Å². The van der Waals surface area contributed by atoms with Crippen molar-refractivity contribution in [3.8, 4) is 5.88 Å². The van der Waals surface area contributed by atoms with Crippen LogP contribution in [-0.4, -0.2) is 29.2 Å². The fourth-order valence-electron chi connectivity index (χ4n) is 1.76. The van der Waals surface area contributed by atoms with Crippen LogP contribution >= 0.6 is 0 Å². The van der Waals surface area contributed by atoms with Crippen molar-refractivity contribution < 1.29 is 4.74 Å². The molecule has 0 spiro atoms. The van der Waals surface area contributed by atoms with Crippen molar-refractivity contribution in [3.63, 3.8) is 0 Å². The quantitative estimate of drug-likeness (QED) is 0.764. The van der Waals surface area contributed by atoms with E-state index in [1.165, 1.54) is 6.33 Å². The van der Waals surface area contributed by atoms with Gasteiger partial charge in [-0.25, -0.2) is 9.97 Å². The standard InChI is InChI=1S/C10H16N4O/c1-6-9(12-5-13-10(6)15-2)14-8-3-7(11)4-8/h5,7-8H,3-4,11H2,1-2H3,(H,12,13,14). The molecule has 1 heterocycles. The first kappa shape index (κ1) is 10.2. The summed E-state index contributed by atoms with van der Waals surface area (Å²) >= 11 is 0. The molecule has 1 fully saturated rings. The third-order valence-electron chi connectivity index (χ3n) is 2.75.